The molecule has 1 aromatic heterocycles. The van der Waals surface area contributed by atoms with Crippen molar-refractivity contribution in [3.63, 3.8) is 0 Å². The highest BCUT2D eigenvalue weighted by Gasteiger charge is 2.17. The van der Waals surface area contributed by atoms with E-state index in [1.165, 1.54) is 44.6 Å². The third-order valence-corrected chi connectivity index (χ3v) is 3.79. The number of rotatable bonds is 5. The molecule has 0 saturated heterocycles. The van der Waals surface area contributed by atoms with Gasteiger partial charge in [-0.2, -0.15) is 0 Å². The normalized spacial score (nSPS) is 19.0. The summed E-state index contributed by atoms with van der Waals surface area (Å²) in [6.07, 6.45) is 7.57. The van der Waals surface area contributed by atoms with Gasteiger partial charge in [0.25, 0.3) is 0 Å². The van der Waals surface area contributed by atoms with E-state index in [2.05, 4.69) is 0 Å². The fourth-order valence-electron chi connectivity index (χ4n) is 2.58. The van der Waals surface area contributed by atoms with Crippen molar-refractivity contribution >= 4 is 5.97 Å². The molecule has 19 heavy (non-hydrogen) atoms. The maximum atomic E-state index is 10.7. The molecule has 106 valence electrons. The number of carbonyl (C=O) groups is 1. The molecule has 1 aliphatic rings. The van der Waals surface area contributed by atoms with Gasteiger partial charge in [-0.3, -0.25) is 0 Å². The van der Waals surface area contributed by atoms with Gasteiger partial charge in [0.2, 0.25) is 5.76 Å². The van der Waals surface area contributed by atoms with Crippen LogP contribution in [-0.4, -0.2) is 17.7 Å². The van der Waals surface area contributed by atoms with Crippen molar-refractivity contribution < 1.29 is 19.1 Å². The topological polar surface area (TPSA) is 59.7 Å². The van der Waals surface area contributed by atoms with Crippen LogP contribution >= 0.6 is 0 Å². The Balaban J connectivity index is 1.82. The Hall–Kier alpha value is -1.29. The molecule has 0 spiro atoms. The second kappa shape index (κ2) is 6.75. The van der Waals surface area contributed by atoms with E-state index in [1.54, 1.807) is 6.07 Å². The molecule has 4 nitrogen and oxygen atoms in total. The van der Waals surface area contributed by atoms with E-state index in [0.29, 0.717) is 11.7 Å². The van der Waals surface area contributed by atoms with E-state index in [-0.39, 0.29) is 11.9 Å². The van der Waals surface area contributed by atoms with Crippen LogP contribution in [-0.2, 0) is 4.74 Å². The fraction of sp³-hybridized carbons (Fsp3) is 0.667. The van der Waals surface area contributed by atoms with Gasteiger partial charge in [0.15, 0.2) is 0 Å². The maximum Gasteiger partial charge on any atom is 0.371 e. The number of aromatic carboxylic acids is 1. The molecule has 1 heterocycles. The Labute approximate surface area is 113 Å². The summed E-state index contributed by atoms with van der Waals surface area (Å²) in [5.74, 6) is 0.159. The van der Waals surface area contributed by atoms with Gasteiger partial charge < -0.3 is 14.3 Å². The third-order valence-electron chi connectivity index (χ3n) is 3.79. The molecule has 1 aliphatic carbocycles. The summed E-state index contributed by atoms with van der Waals surface area (Å²) in [7, 11) is 0. The smallest absolute Gasteiger partial charge is 0.371 e. The molecule has 1 fully saturated rings. The molecular weight excluding hydrogens is 244 g/mol. The number of hydrogen-bond acceptors (Lipinski definition) is 3. The summed E-state index contributed by atoms with van der Waals surface area (Å²) in [6, 6.07) is 3.16. The lowest BCUT2D eigenvalue weighted by atomic mass is 10.0. The molecule has 1 aromatic rings. The lowest BCUT2D eigenvalue weighted by Gasteiger charge is -2.17. The first-order chi connectivity index (χ1) is 9.16. The highest BCUT2D eigenvalue weighted by molar-refractivity contribution is 5.84. The summed E-state index contributed by atoms with van der Waals surface area (Å²) < 4.78 is 11.1. The van der Waals surface area contributed by atoms with Gasteiger partial charge in [0.05, 0.1) is 6.61 Å². The Morgan fingerprint density at radius 3 is 2.63 bits per heavy atom. The Morgan fingerprint density at radius 2 is 2.05 bits per heavy atom. The zero-order chi connectivity index (χ0) is 13.7. The van der Waals surface area contributed by atoms with Crippen LogP contribution in [0.1, 0.15) is 67.9 Å². The van der Waals surface area contributed by atoms with Crippen molar-refractivity contribution in [1.82, 2.24) is 0 Å². The van der Waals surface area contributed by atoms with Gasteiger partial charge in [0.1, 0.15) is 11.9 Å². The van der Waals surface area contributed by atoms with Crippen LogP contribution in [0, 0.1) is 5.92 Å². The molecule has 0 bridgehead atoms. The van der Waals surface area contributed by atoms with Crippen LogP contribution in [0.3, 0.4) is 0 Å². The van der Waals surface area contributed by atoms with Gasteiger partial charge >= 0.3 is 5.97 Å². The zero-order valence-corrected chi connectivity index (χ0v) is 11.4. The molecule has 1 N–H and O–H groups in total. The average Bonchev–Trinajstić information content (AvgIpc) is 2.75. The summed E-state index contributed by atoms with van der Waals surface area (Å²) in [5.41, 5.74) is 0. The predicted octanol–water partition coefficient (Wildman–Crippen LogP) is 4.03. The molecule has 0 aliphatic heterocycles. The molecule has 1 unspecified atom stereocenters. The molecule has 0 aromatic carbocycles. The minimum Gasteiger partial charge on any atom is -0.475 e. The van der Waals surface area contributed by atoms with Crippen LogP contribution in [0.4, 0.5) is 0 Å². The van der Waals surface area contributed by atoms with Gasteiger partial charge in [0, 0.05) is 0 Å². The second-order valence-electron chi connectivity index (χ2n) is 5.34. The van der Waals surface area contributed by atoms with E-state index in [4.69, 9.17) is 14.3 Å². The summed E-state index contributed by atoms with van der Waals surface area (Å²) >= 11 is 0. The van der Waals surface area contributed by atoms with Crippen LogP contribution in [0.2, 0.25) is 0 Å². The van der Waals surface area contributed by atoms with E-state index in [0.717, 1.165) is 6.61 Å². The van der Waals surface area contributed by atoms with Crippen LogP contribution in [0.25, 0.3) is 0 Å². The molecule has 0 radical (unpaired) electrons. The Bertz CT molecular complexity index is 402. The lowest BCUT2D eigenvalue weighted by Crippen LogP contribution is -2.11. The zero-order valence-electron chi connectivity index (χ0n) is 11.4. The number of ether oxygens (including phenoxy) is 1. The third kappa shape index (κ3) is 4.10. The van der Waals surface area contributed by atoms with Crippen molar-refractivity contribution in [2.24, 2.45) is 5.92 Å². The van der Waals surface area contributed by atoms with Crippen LogP contribution < -0.4 is 0 Å². The predicted molar refractivity (Wildman–Crippen MR) is 71.2 cm³/mol. The first-order valence-electron chi connectivity index (χ1n) is 7.11. The molecule has 1 atom stereocenters. The summed E-state index contributed by atoms with van der Waals surface area (Å²) in [6.45, 7) is 2.64. The quantitative estimate of drug-likeness (QED) is 0.817. The number of carboxylic acid groups (broad SMARTS) is 1. The van der Waals surface area contributed by atoms with Gasteiger partial charge in [-0.15, -0.1) is 0 Å². The first kappa shape index (κ1) is 14.1. The Morgan fingerprint density at radius 1 is 1.37 bits per heavy atom. The largest absolute Gasteiger partial charge is 0.475 e. The summed E-state index contributed by atoms with van der Waals surface area (Å²) in [4.78, 5) is 10.7. The second-order valence-corrected chi connectivity index (χ2v) is 5.34. The molecule has 0 amide bonds. The van der Waals surface area contributed by atoms with Gasteiger partial charge in [-0.1, -0.05) is 25.7 Å². The van der Waals surface area contributed by atoms with Crippen LogP contribution in [0.15, 0.2) is 16.5 Å². The van der Waals surface area contributed by atoms with Crippen molar-refractivity contribution in [3.8, 4) is 0 Å². The van der Waals surface area contributed by atoms with E-state index >= 15 is 0 Å². The van der Waals surface area contributed by atoms with E-state index < -0.39 is 5.97 Å². The first-order valence-corrected chi connectivity index (χ1v) is 7.11. The molecule has 2 rings (SSSR count). The standard InChI is InChI=1S/C15H22O4/c1-11(13-8-9-14(19-13)15(16)17)18-10-12-6-4-2-3-5-7-12/h8-9,11-12H,2-7,10H2,1H3,(H,16,17). The highest BCUT2D eigenvalue weighted by atomic mass is 16.5. The van der Waals surface area contributed by atoms with Crippen LogP contribution in [0.5, 0.6) is 0 Å². The van der Waals surface area contributed by atoms with Gasteiger partial charge in [-0.05, 0) is 37.8 Å². The van der Waals surface area contributed by atoms with Crippen molar-refractivity contribution in [1.29, 1.82) is 0 Å². The molecule has 1 saturated carbocycles. The molecular formula is C15H22O4. The maximum absolute atomic E-state index is 10.7. The lowest BCUT2D eigenvalue weighted by molar-refractivity contribution is 0.0223. The SMILES string of the molecule is CC(OCC1CCCCCC1)c1ccc(C(=O)O)o1. The minimum absolute atomic E-state index is 0.0279. The van der Waals surface area contributed by atoms with Crippen molar-refractivity contribution in [2.75, 3.05) is 6.61 Å². The van der Waals surface area contributed by atoms with E-state index in [9.17, 15) is 4.79 Å². The molecule has 4 heteroatoms. The van der Waals surface area contributed by atoms with E-state index in [1.807, 2.05) is 6.92 Å². The summed E-state index contributed by atoms with van der Waals surface area (Å²) in [5, 5.41) is 8.81. The number of furan rings is 1. The highest BCUT2D eigenvalue weighted by Crippen LogP contribution is 2.26. The van der Waals surface area contributed by atoms with Gasteiger partial charge in [-0.25, -0.2) is 4.79 Å². The average molecular weight is 266 g/mol. The fourth-order valence-corrected chi connectivity index (χ4v) is 2.58. The van der Waals surface area contributed by atoms with Crippen molar-refractivity contribution in [3.05, 3.63) is 23.7 Å². The number of carboxylic acids is 1. The minimum atomic E-state index is -1.04. The Kier molecular flexibility index (Phi) is 5.02. The monoisotopic (exact) mass is 266 g/mol. The number of hydrogen-bond donors (Lipinski definition) is 1. The van der Waals surface area contributed by atoms with Crippen molar-refractivity contribution in [2.45, 2.75) is 51.6 Å².